The van der Waals surface area contributed by atoms with Crippen molar-refractivity contribution in [2.24, 2.45) is 17.8 Å². The van der Waals surface area contributed by atoms with Crippen LogP contribution in [0, 0.1) is 17.8 Å². The summed E-state index contributed by atoms with van der Waals surface area (Å²) in [5.41, 5.74) is 0. The summed E-state index contributed by atoms with van der Waals surface area (Å²) in [4.78, 5) is 27.0. The molecule has 0 spiro atoms. The Hall–Kier alpha value is -1.36. The summed E-state index contributed by atoms with van der Waals surface area (Å²) < 4.78 is 0. The molecule has 1 fully saturated rings. The largest absolute Gasteiger partial charge is 0.481 e. The van der Waals surface area contributed by atoms with Crippen molar-refractivity contribution in [1.82, 2.24) is 4.90 Å². The molecule has 0 aromatic carbocycles. The van der Waals surface area contributed by atoms with Crippen LogP contribution in [0.5, 0.6) is 0 Å². The zero-order valence-corrected chi connectivity index (χ0v) is 13.6. The van der Waals surface area contributed by atoms with Gasteiger partial charge in [0, 0.05) is 11.9 Å². The van der Waals surface area contributed by atoms with E-state index < -0.39 is 11.9 Å². The standard InChI is InChI=1S/C16H23NO3S/c1-4-11-8-12(13(9-11)16(19)20)15(18)17(3)10(2)14-6-5-7-21-14/h5-7,10-13H,4,8-9H2,1-3H3,(H,19,20)/t10?,11?,12-,13+/m0/s1. The zero-order valence-electron chi connectivity index (χ0n) is 12.8. The fourth-order valence-corrected chi connectivity index (χ4v) is 4.02. The minimum Gasteiger partial charge on any atom is -0.481 e. The Morgan fingerprint density at radius 1 is 1.43 bits per heavy atom. The van der Waals surface area contributed by atoms with Gasteiger partial charge in [0.05, 0.1) is 17.9 Å². The maximum atomic E-state index is 12.7. The number of amides is 1. The molecule has 4 atom stereocenters. The Bertz CT molecular complexity index is 500. The second-order valence-corrected chi connectivity index (χ2v) is 6.92. The lowest BCUT2D eigenvalue weighted by atomic mass is 9.94. The lowest BCUT2D eigenvalue weighted by molar-refractivity contribution is -0.149. The van der Waals surface area contributed by atoms with Crippen LogP contribution >= 0.6 is 11.3 Å². The first kappa shape index (κ1) is 16.0. The van der Waals surface area contributed by atoms with Crippen molar-refractivity contribution in [3.05, 3.63) is 22.4 Å². The van der Waals surface area contributed by atoms with Crippen molar-refractivity contribution in [1.29, 1.82) is 0 Å². The number of carboxylic acid groups (broad SMARTS) is 1. The van der Waals surface area contributed by atoms with Crippen LogP contribution in [0.1, 0.15) is 44.0 Å². The molecule has 1 heterocycles. The second kappa shape index (κ2) is 6.60. The van der Waals surface area contributed by atoms with E-state index in [1.807, 2.05) is 24.4 Å². The highest BCUT2D eigenvalue weighted by Gasteiger charge is 2.43. The van der Waals surface area contributed by atoms with Crippen molar-refractivity contribution < 1.29 is 14.7 Å². The summed E-state index contributed by atoms with van der Waals surface area (Å²) in [7, 11) is 1.78. The minimum atomic E-state index is -0.832. The predicted molar refractivity (Wildman–Crippen MR) is 83.1 cm³/mol. The number of hydrogen-bond donors (Lipinski definition) is 1. The molecule has 116 valence electrons. The molecule has 1 amide bonds. The summed E-state index contributed by atoms with van der Waals surface area (Å²) in [5, 5.41) is 11.4. The average Bonchev–Trinajstić information content (AvgIpc) is 3.13. The number of hydrogen-bond acceptors (Lipinski definition) is 3. The third kappa shape index (κ3) is 3.28. The number of nitrogens with zero attached hydrogens (tertiary/aromatic N) is 1. The summed E-state index contributed by atoms with van der Waals surface area (Å²) in [6, 6.07) is 3.97. The third-order valence-corrected chi connectivity index (χ3v) is 5.80. The molecule has 1 aromatic heterocycles. The van der Waals surface area contributed by atoms with Crippen LogP contribution in [0.4, 0.5) is 0 Å². The number of carbonyl (C=O) groups excluding carboxylic acids is 1. The van der Waals surface area contributed by atoms with Crippen molar-refractivity contribution in [2.75, 3.05) is 7.05 Å². The van der Waals surface area contributed by atoms with E-state index in [0.29, 0.717) is 18.8 Å². The Kier molecular flexibility index (Phi) is 5.04. The molecule has 0 bridgehead atoms. The molecular weight excluding hydrogens is 286 g/mol. The second-order valence-electron chi connectivity index (χ2n) is 5.94. The van der Waals surface area contributed by atoms with E-state index in [1.54, 1.807) is 23.3 Å². The number of carboxylic acids is 1. The van der Waals surface area contributed by atoms with Gasteiger partial charge in [-0.05, 0) is 37.1 Å². The lowest BCUT2D eigenvalue weighted by Crippen LogP contribution is -2.38. The molecule has 21 heavy (non-hydrogen) atoms. The fourth-order valence-electron chi connectivity index (χ4n) is 3.19. The highest BCUT2D eigenvalue weighted by Crippen LogP contribution is 2.40. The predicted octanol–water partition coefficient (Wildman–Crippen LogP) is 3.40. The molecule has 1 aliphatic rings. The molecule has 0 radical (unpaired) electrons. The van der Waals surface area contributed by atoms with Gasteiger partial charge in [0.2, 0.25) is 5.91 Å². The quantitative estimate of drug-likeness (QED) is 0.907. The monoisotopic (exact) mass is 309 g/mol. The Balaban J connectivity index is 2.12. The minimum absolute atomic E-state index is 0.00683. The number of aliphatic carboxylic acids is 1. The molecule has 0 saturated heterocycles. The van der Waals surface area contributed by atoms with E-state index in [-0.39, 0.29) is 17.9 Å². The van der Waals surface area contributed by atoms with Crippen LogP contribution in [0.3, 0.4) is 0 Å². The summed E-state index contributed by atoms with van der Waals surface area (Å²) in [6.07, 6.45) is 2.27. The van der Waals surface area contributed by atoms with E-state index in [9.17, 15) is 14.7 Å². The number of carbonyl (C=O) groups is 2. The first-order valence-electron chi connectivity index (χ1n) is 7.48. The van der Waals surface area contributed by atoms with Gasteiger partial charge in [0.1, 0.15) is 0 Å². The van der Waals surface area contributed by atoms with E-state index >= 15 is 0 Å². The Labute approximate surface area is 129 Å². The van der Waals surface area contributed by atoms with Gasteiger partial charge in [0.25, 0.3) is 0 Å². The maximum Gasteiger partial charge on any atom is 0.307 e. The van der Waals surface area contributed by atoms with Crippen LogP contribution in [-0.4, -0.2) is 28.9 Å². The van der Waals surface area contributed by atoms with Crippen LogP contribution in [-0.2, 0) is 9.59 Å². The van der Waals surface area contributed by atoms with E-state index in [0.717, 1.165) is 11.3 Å². The van der Waals surface area contributed by atoms with Crippen molar-refractivity contribution in [3.8, 4) is 0 Å². The zero-order chi connectivity index (χ0) is 15.6. The first-order valence-corrected chi connectivity index (χ1v) is 8.36. The van der Waals surface area contributed by atoms with Crippen LogP contribution in [0.25, 0.3) is 0 Å². The smallest absolute Gasteiger partial charge is 0.307 e. The number of thiophene rings is 1. The van der Waals surface area contributed by atoms with E-state index in [4.69, 9.17) is 0 Å². The Morgan fingerprint density at radius 2 is 2.10 bits per heavy atom. The van der Waals surface area contributed by atoms with Crippen molar-refractivity contribution in [2.45, 2.75) is 39.2 Å². The molecule has 1 saturated carbocycles. The van der Waals surface area contributed by atoms with Gasteiger partial charge in [-0.15, -0.1) is 11.3 Å². The molecule has 5 heteroatoms. The normalized spacial score (nSPS) is 26.5. The van der Waals surface area contributed by atoms with Gasteiger partial charge in [-0.3, -0.25) is 9.59 Å². The van der Waals surface area contributed by atoms with Crippen molar-refractivity contribution in [3.63, 3.8) is 0 Å². The van der Waals surface area contributed by atoms with Gasteiger partial charge >= 0.3 is 5.97 Å². The van der Waals surface area contributed by atoms with Crippen LogP contribution < -0.4 is 0 Å². The molecule has 1 N–H and O–H groups in total. The highest BCUT2D eigenvalue weighted by molar-refractivity contribution is 7.10. The van der Waals surface area contributed by atoms with Gasteiger partial charge in [-0.2, -0.15) is 0 Å². The Morgan fingerprint density at radius 3 is 2.62 bits per heavy atom. The molecule has 1 aromatic rings. The maximum absolute atomic E-state index is 12.7. The SMILES string of the molecule is CCC1C[C@H](C(=O)N(C)C(C)c2cccs2)[C@H](C(=O)O)C1. The van der Waals surface area contributed by atoms with E-state index in [2.05, 4.69) is 6.92 Å². The summed E-state index contributed by atoms with van der Waals surface area (Å²) in [6.45, 7) is 4.06. The molecule has 4 nitrogen and oxygen atoms in total. The summed E-state index contributed by atoms with van der Waals surface area (Å²) >= 11 is 1.62. The number of rotatable bonds is 5. The van der Waals surface area contributed by atoms with Crippen molar-refractivity contribution >= 4 is 23.2 Å². The van der Waals surface area contributed by atoms with Gasteiger partial charge in [0.15, 0.2) is 0 Å². The molecule has 1 aliphatic carbocycles. The first-order chi connectivity index (χ1) is 9.95. The molecule has 0 aliphatic heterocycles. The van der Waals surface area contributed by atoms with Crippen LogP contribution in [0.2, 0.25) is 0 Å². The van der Waals surface area contributed by atoms with Gasteiger partial charge < -0.3 is 10.0 Å². The molecule has 2 rings (SSSR count). The van der Waals surface area contributed by atoms with E-state index in [1.165, 1.54) is 0 Å². The van der Waals surface area contributed by atoms with Gasteiger partial charge in [-0.25, -0.2) is 0 Å². The lowest BCUT2D eigenvalue weighted by Gasteiger charge is -2.28. The third-order valence-electron chi connectivity index (χ3n) is 4.76. The summed E-state index contributed by atoms with van der Waals surface area (Å²) in [5.74, 6) is -1.41. The topological polar surface area (TPSA) is 57.6 Å². The van der Waals surface area contributed by atoms with Crippen LogP contribution in [0.15, 0.2) is 17.5 Å². The average molecular weight is 309 g/mol. The highest BCUT2D eigenvalue weighted by atomic mass is 32.1. The van der Waals surface area contributed by atoms with Gasteiger partial charge in [-0.1, -0.05) is 19.4 Å². The molecule has 2 unspecified atom stereocenters. The molecular formula is C16H23NO3S. The fraction of sp³-hybridized carbons (Fsp3) is 0.625.